The molecule has 2 heterocycles. The van der Waals surface area contributed by atoms with Gasteiger partial charge in [-0.05, 0) is 81.6 Å². The topological polar surface area (TPSA) is 46.6 Å². The standard InChI is InChI=1S/C24H33N3O2/c1-27(20-8-10-25-11-9-20)16-17-7-12-26-22(13-17)19-14-21(18-5-4-6-18)24(29-3)23(15-19)28-2/h7,12-15,18,20,25H,4-6,8-11,16H2,1-3H3. The summed E-state index contributed by atoms with van der Waals surface area (Å²) in [4.78, 5) is 7.16. The summed E-state index contributed by atoms with van der Waals surface area (Å²) in [5.74, 6) is 2.24. The van der Waals surface area contributed by atoms with Crippen molar-refractivity contribution < 1.29 is 9.47 Å². The summed E-state index contributed by atoms with van der Waals surface area (Å²) < 4.78 is 11.4. The number of ether oxygens (including phenoxy) is 2. The van der Waals surface area contributed by atoms with Gasteiger partial charge in [0.1, 0.15) is 0 Å². The highest BCUT2D eigenvalue weighted by molar-refractivity contribution is 5.67. The van der Waals surface area contributed by atoms with Crippen LogP contribution < -0.4 is 14.8 Å². The number of methoxy groups -OCH3 is 2. The third kappa shape index (κ3) is 4.41. The zero-order valence-electron chi connectivity index (χ0n) is 17.9. The molecule has 1 aromatic carbocycles. The van der Waals surface area contributed by atoms with Crippen molar-refractivity contribution >= 4 is 0 Å². The Kier molecular flexibility index (Phi) is 6.36. The lowest BCUT2D eigenvalue weighted by atomic mass is 9.79. The van der Waals surface area contributed by atoms with Crippen LogP contribution in [0.3, 0.4) is 0 Å². The molecule has 2 fully saturated rings. The molecule has 1 saturated heterocycles. The van der Waals surface area contributed by atoms with Crippen LogP contribution in [-0.2, 0) is 6.54 Å². The summed E-state index contributed by atoms with van der Waals surface area (Å²) in [6, 6.07) is 9.33. The van der Waals surface area contributed by atoms with Crippen LogP contribution >= 0.6 is 0 Å². The van der Waals surface area contributed by atoms with Crippen LogP contribution in [0.15, 0.2) is 30.5 Å². The maximum atomic E-state index is 5.70. The molecule has 1 aromatic heterocycles. The second-order valence-corrected chi connectivity index (χ2v) is 8.37. The first kappa shape index (κ1) is 20.2. The summed E-state index contributed by atoms with van der Waals surface area (Å²) in [7, 11) is 5.68. The van der Waals surface area contributed by atoms with Gasteiger partial charge >= 0.3 is 0 Å². The molecule has 0 bridgehead atoms. The highest BCUT2D eigenvalue weighted by Gasteiger charge is 2.26. The molecule has 4 rings (SSSR count). The Labute approximate surface area is 174 Å². The molecule has 1 aliphatic carbocycles. The second-order valence-electron chi connectivity index (χ2n) is 8.37. The fraction of sp³-hybridized carbons (Fsp3) is 0.542. The molecule has 0 atom stereocenters. The fourth-order valence-corrected chi connectivity index (χ4v) is 4.56. The van der Waals surface area contributed by atoms with Gasteiger partial charge in [-0.15, -0.1) is 0 Å². The number of pyridine rings is 1. The van der Waals surface area contributed by atoms with Crippen molar-refractivity contribution in [3.8, 4) is 22.8 Å². The Hall–Kier alpha value is -2.11. The second kappa shape index (κ2) is 9.14. The fourth-order valence-electron chi connectivity index (χ4n) is 4.56. The summed E-state index contributed by atoms with van der Waals surface area (Å²) in [6.07, 6.45) is 8.09. The van der Waals surface area contributed by atoms with Gasteiger partial charge in [0.15, 0.2) is 11.5 Å². The minimum atomic E-state index is 0.563. The van der Waals surface area contributed by atoms with Crippen LogP contribution in [0.25, 0.3) is 11.3 Å². The van der Waals surface area contributed by atoms with Crippen molar-refractivity contribution in [2.75, 3.05) is 34.4 Å². The Morgan fingerprint density at radius 3 is 2.52 bits per heavy atom. The van der Waals surface area contributed by atoms with E-state index in [0.717, 1.165) is 42.4 Å². The quantitative estimate of drug-likeness (QED) is 0.761. The lowest BCUT2D eigenvalue weighted by molar-refractivity contribution is 0.192. The number of aromatic nitrogens is 1. The number of rotatable bonds is 7. The molecule has 5 nitrogen and oxygen atoms in total. The maximum Gasteiger partial charge on any atom is 0.164 e. The van der Waals surface area contributed by atoms with Crippen LogP contribution in [0.5, 0.6) is 11.5 Å². The average molecular weight is 396 g/mol. The molecule has 1 N–H and O–H groups in total. The van der Waals surface area contributed by atoms with Gasteiger partial charge in [-0.3, -0.25) is 9.88 Å². The molecule has 1 aliphatic heterocycles. The van der Waals surface area contributed by atoms with Crippen LogP contribution in [0, 0.1) is 0 Å². The maximum absolute atomic E-state index is 5.70. The molecule has 2 aliphatic rings. The van der Waals surface area contributed by atoms with Crippen molar-refractivity contribution in [2.45, 2.75) is 50.6 Å². The summed E-state index contributed by atoms with van der Waals surface area (Å²) in [5, 5.41) is 3.45. The van der Waals surface area contributed by atoms with E-state index in [1.165, 1.54) is 43.2 Å². The van der Waals surface area contributed by atoms with Gasteiger partial charge in [-0.25, -0.2) is 0 Å². The molecule has 5 heteroatoms. The zero-order valence-corrected chi connectivity index (χ0v) is 17.9. The molecule has 0 unspecified atom stereocenters. The van der Waals surface area contributed by atoms with Gasteiger partial charge in [0.2, 0.25) is 0 Å². The van der Waals surface area contributed by atoms with Gasteiger partial charge in [0.25, 0.3) is 0 Å². The molecule has 0 spiro atoms. The largest absolute Gasteiger partial charge is 0.493 e. The van der Waals surface area contributed by atoms with E-state index >= 15 is 0 Å². The lowest BCUT2D eigenvalue weighted by Gasteiger charge is -2.31. The van der Waals surface area contributed by atoms with E-state index < -0.39 is 0 Å². The van der Waals surface area contributed by atoms with E-state index in [1.54, 1.807) is 14.2 Å². The van der Waals surface area contributed by atoms with E-state index in [9.17, 15) is 0 Å². The number of hydrogen-bond acceptors (Lipinski definition) is 5. The Morgan fingerprint density at radius 1 is 1.07 bits per heavy atom. The van der Waals surface area contributed by atoms with Crippen molar-refractivity contribution in [1.29, 1.82) is 0 Å². The highest BCUT2D eigenvalue weighted by atomic mass is 16.5. The van der Waals surface area contributed by atoms with E-state index in [-0.39, 0.29) is 0 Å². The Balaban J connectivity index is 1.60. The Bertz CT molecular complexity index is 829. The zero-order chi connectivity index (χ0) is 20.2. The molecule has 29 heavy (non-hydrogen) atoms. The normalized spacial score (nSPS) is 17.9. The third-order valence-electron chi connectivity index (χ3n) is 6.54. The smallest absolute Gasteiger partial charge is 0.164 e. The van der Waals surface area contributed by atoms with Crippen molar-refractivity contribution in [3.63, 3.8) is 0 Å². The summed E-state index contributed by atoms with van der Waals surface area (Å²) in [5.41, 5.74) is 4.67. The van der Waals surface area contributed by atoms with Gasteiger partial charge in [-0.2, -0.15) is 0 Å². The summed E-state index contributed by atoms with van der Waals surface area (Å²) >= 11 is 0. The van der Waals surface area contributed by atoms with Gasteiger partial charge in [-0.1, -0.05) is 6.42 Å². The summed E-state index contributed by atoms with van der Waals surface area (Å²) in [6.45, 7) is 3.18. The molecule has 2 aromatic rings. The van der Waals surface area contributed by atoms with Gasteiger partial charge in [0.05, 0.1) is 19.9 Å². The number of nitrogens with zero attached hydrogens (tertiary/aromatic N) is 2. The molecule has 1 saturated carbocycles. The Morgan fingerprint density at radius 2 is 1.86 bits per heavy atom. The number of benzene rings is 1. The first-order valence-corrected chi connectivity index (χ1v) is 10.8. The number of piperidine rings is 1. The van der Waals surface area contributed by atoms with Gasteiger partial charge in [0, 0.05) is 29.9 Å². The van der Waals surface area contributed by atoms with E-state index in [1.807, 2.05) is 6.20 Å². The van der Waals surface area contributed by atoms with Crippen LogP contribution in [0.4, 0.5) is 0 Å². The van der Waals surface area contributed by atoms with E-state index in [0.29, 0.717) is 12.0 Å². The monoisotopic (exact) mass is 395 g/mol. The van der Waals surface area contributed by atoms with Crippen LogP contribution in [0.1, 0.15) is 49.1 Å². The predicted octanol–water partition coefficient (Wildman–Crippen LogP) is 4.22. The van der Waals surface area contributed by atoms with Crippen molar-refractivity contribution in [1.82, 2.24) is 15.2 Å². The third-order valence-corrected chi connectivity index (χ3v) is 6.54. The molecule has 0 radical (unpaired) electrons. The number of hydrogen-bond donors (Lipinski definition) is 1. The van der Waals surface area contributed by atoms with E-state index in [4.69, 9.17) is 9.47 Å². The molecular formula is C24H33N3O2. The van der Waals surface area contributed by atoms with Crippen LogP contribution in [0.2, 0.25) is 0 Å². The van der Waals surface area contributed by atoms with Crippen LogP contribution in [-0.4, -0.2) is 50.3 Å². The first-order chi connectivity index (χ1) is 14.2. The molecular weight excluding hydrogens is 362 g/mol. The minimum absolute atomic E-state index is 0.563. The number of nitrogens with one attached hydrogen (secondary N) is 1. The molecule has 0 amide bonds. The highest BCUT2D eigenvalue weighted by Crippen LogP contribution is 2.46. The van der Waals surface area contributed by atoms with Crippen molar-refractivity contribution in [3.05, 3.63) is 41.6 Å². The van der Waals surface area contributed by atoms with Gasteiger partial charge < -0.3 is 14.8 Å². The SMILES string of the molecule is COc1cc(-c2cc(CN(C)C3CCNCC3)ccn2)cc(C2CCC2)c1OC. The predicted molar refractivity (Wildman–Crippen MR) is 117 cm³/mol. The first-order valence-electron chi connectivity index (χ1n) is 10.8. The lowest BCUT2D eigenvalue weighted by Crippen LogP contribution is -2.40. The molecule has 156 valence electrons. The van der Waals surface area contributed by atoms with Crippen molar-refractivity contribution in [2.24, 2.45) is 0 Å². The average Bonchev–Trinajstić information content (AvgIpc) is 2.72. The van der Waals surface area contributed by atoms with E-state index in [2.05, 4.69) is 46.5 Å². The minimum Gasteiger partial charge on any atom is -0.493 e.